The van der Waals surface area contributed by atoms with Crippen molar-refractivity contribution in [1.29, 1.82) is 0 Å². The highest BCUT2D eigenvalue weighted by Crippen LogP contribution is 2.28. The summed E-state index contributed by atoms with van der Waals surface area (Å²) in [5.41, 5.74) is 3.90. The second-order valence-electron chi connectivity index (χ2n) is 6.32. The molecule has 2 aromatic heterocycles. The predicted octanol–water partition coefficient (Wildman–Crippen LogP) is 4.47. The van der Waals surface area contributed by atoms with E-state index < -0.39 is 10.0 Å². The topological polar surface area (TPSA) is 55.2 Å². The molecule has 0 saturated carbocycles. The molecular formula is C20H19N3O2S2. The van der Waals surface area contributed by atoms with Gasteiger partial charge >= 0.3 is 0 Å². The molecule has 7 heteroatoms. The van der Waals surface area contributed by atoms with Gasteiger partial charge in [0.2, 0.25) is 0 Å². The van der Waals surface area contributed by atoms with Crippen LogP contribution in [0.4, 0.5) is 0 Å². The number of aromatic nitrogens is 2. The maximum atomic E-state index is 12.7. The summed E-state index contributed by atoms with van der Waals surface area (Å²) in [7, 11) is -1.87. The van der Waals surface area contributed by atoms with E-state index in [2.05, 4.69) is 4.98 Å². The van der Waals surface area contributed by atoms with Gasteiger partial charge in [0.05, 0.1) is 11.0 Å². The standard InChI is InChI=1S/C20H19N3O2S2/c1-15(22(2)27(24,25)20-8-5-13-26-20)16-9-11-17(12-10-16)23-14-21-18-6-3-4-7-19(18)23/h3-15H,1-2H3. The molecule has 4 rings (SSSR count). The fourth-order valence-corrected chi connectivity index (χ4v) is 5.58. The Labute approximate surface area is 162 Å². The molecule has 0 saturated heterocycles. The average Bonchev–Trinajstić information content (AvgIpc) is 3.37. The lowest BCUT2D eigenvalue weighted by Crippen LogP contribution is -2.29. The van der Waals surface area contributed by atoms with Gasteiger partial charge in [0.25, 0.3) is 10.0 Å². The summed E-state index contributed by atoms with van der Waals surface area (Å²) in [6.45, 7) is 1.90. The first-order chi connectivity index (χ1) is 13.0. The normalized spacial score (nSPS) is 13.3. The average molecular weight is 398 g/mol. The Morgan fingerprint density at radius 2 is 1.78 bits per heavy atom. The van der Waals surface area contributed by atoms with Crippen LogP contribution in [0.25, 0.3) is 16.7 Å². The second-order valence-corrected chi connectivity index (χ2v) is 9.50. The largest absolute Gasteiger partial charge is 0.299 e. The smallest absolute Gasteiger partial charge is 0.252 e. The van der Waals surface area contributed by atoms with Crippen LogP contribution < -0.4 is 0 Å². The van der Waals surface area contributed by atoms with Crippen LogP contribution in [0.2, 0.25) is 0 Å². The first kappa shape index (κ1) is 17.9. The van der Waals surface area contributed by atoms with Gasteiger partial charge < -0.3 is 0 Å². The van der Waals surface area contributed by atoms with Crippen LogP contribution in [-0.4, -0.2) is 29.3 Å². The summed E-state index contributed by atoms with van der Waals surface area (Å²) in [6.07, 6.45) is 1.80. The number of fused-ring (bicyclic) bond motifs is 1. The van der Waals surface area contributed by atoms with Crippen LogP contribution >= 0.6 is 11.3 Å². The van der Waals surface area contributed by atoms with Gasteiger partial charge in [-0.15, -0.1) is 11.3 Å². The molecule has 0 radical (unpaired) electrons. The van der Waals surface area contributed by atoms with E-state index in [4.69, 9.17) is 0 Å². The molecule has 1 unspecified atom stereocenters. The van der Waals surface area contributed by atoms with Crippen molar-refractivity contribution in [2.24, 2.45) is 0 Å². The van der Waals surface area contributed by atoms with E-state index >= 15 is 0 Å². The molecule has 0 spiro atoms. The summed E-state index contributed by atoms with van der Waals surface area (Å²) in [4.78, 5) is 4.42. The Morgan fingerprint density at radius 1 is 1.04 bits per heavy atom. The van der Waals surface area contributed by atoms with E-state index in [1.54, 1.807) is 30.9 Å². The molecule has 0 fully saturated rings. The second kappa shape index (κ2) is 6.92. The molecule has 2 aromatic carbocycles. The highest BCUT2D eigenvalue weighted by Gasteiger charge is 2.27. The third-order valence-electron chi connectivity index (χ3n) is 4.78. The Bertz CT molecular complexity index is 1160. The maximum absolute atomic E-state index is 12.7. The van der Waals surface area contributed by atoms with Crippen molar-refractivity contribution >= 4 is 32.4 Å². The molecule has 0 bridgehead atoms. The fraction of sp³-hybridized carbons (Fsp3) is 0.150. The van der Waals surface area contributed by atoms with Gasteiger partial charge in [-0.1, -0.05) is 30.3 Å². The highest BCUT2D eigenvalue weighted by molar-refractivity contribution is 7.91. The first-order valence-corrected chi connectivity index (χ1v) is 10.8. The molecule has 4 aromatic rings. The molecule has 0 aliphatic rings. The number of hydrogen-bond donors (Lipinski definition) is 0. The van der Waals surface area contributed by atoms with E-state index in [0.29, 0.717) is 4.21 Å². The van der Waals surface area contributed by atoms with Crippen molar-refractivity contribution in [1.82, 2.24) is 13.9 Å². The first-order valence-electron chi connectivity index (χ1n) is 8.52. The number of benzene rings is 2. The number of sulfonamides is 1. The van der Waals surface area contributed by atoms with Crippen LogP contribution in [0.5, 0.6) is 0 Å². The Hall–Kier alpha value is -2.48. The molecule has 1 atom stereocenters. The maximum Gasteiger partial charge on any atom is 0.252 e. The van der Waals surface area contributed by atoms with Gasteiger partial charge in [-0.3, -0.25) is 4.57 Å². The SMILES string of the molecule is CC(c1ccc(-n2cnc3ccccc32)cc1)N(C)S(=O)(=O)c1cccs1. The van der Waals surface area contributed by atoms with Crippen molar-refractivity contribution in [3.05, 3.63) is 77.9 Å². The van der Waals surface area contributed by atoms with E-state index in [1.165, 1.54) is 15.6 Å². The van der Waals surface area contributed by atoms with E-state index in [1.807, 2.05) is 60.0 Å². The third kappa shape index (κ3) is 3.18. The number of thiophene rings is 1. The van der Waals surface area contributed by atoms with Crippen molar-refractivity contribution in [2.45, 2.75) is 17.2 Å². The van der Waals surface area contributed by atoms with Crippen LogP contribution in [0.15, 0.2) is 76.6 Å². The zero-order chi connectivity index (χ0) is 19.0. The number of para-hydroxylation sites is 2. The van der Waals surface area contributed by atoms with Crippen LogP contribution in [0, 0.1) is 0 Å². The van der Waals surface area contributed by atoms with Gasteiger partial charge in [-0.05, 0) is 48.2 Å². The summed E-state index contributed by atoms with van der Waals surface area (Å²) in [6, 6.07) is 19.0. The zero-order valence-electron chi connectivity index (χ0n) is 15.0. The van der Waals surface area contributed by atoms with Gasteiger partial charge in [0.1, 0.15) is 10.5 Å². The van der Waals surface area contributed by atoms with Gasteiger partial charge in [0, 0.05) is 18.8 Å². The Balaban J connectivity index is 1.62. The molecule has 0 aliphatic carbocycles. The predicted molar refractivity (Wildman–Crippen MR) is 109 cm³/mol. The molecule has 0 amide bonds. The summed E-state index contributed by atoms with van der Waals surface area (Å²) in [5.74, 6) is 0. The molecule has 138 valence electrons. The lowest BCUT2D eigenvalue weighted by atomic mass is 10.1. The zero-order valence-corrected chi connectivity index (χ0v) is 16.6. The Morgan fingerprint density at radius 3 is 2.48 bits per heavy atom. The lowest BCUT2D eigenvalue weighted by Gasteiger charge is -2.24. The van der Waals surface area contributed by atoms with Crippen molar-refractivity contribution in [3.63, 3.8) is 0 Å². The molecule has 2 heterocycles. The van der Waals surface area contributed by atoms with Crippen molar-refractivity contribution in [3.8, 4) is 5.69 Å². The van der Waals surface area contributed by atoms with Gasteiger partial charge in [0.15, 0.2) is 0 Å². The number of imidazole rings is 1. The Kier molecular flexibility index (Phi) is 4.59. The number of rotatable bonds is 5. The van der Waals surface area contributed by atoms with Crippen molar-refractivity contribution in [2.75, 3.05) is 7.05 Å². The van der Waals surface area contributed by atoms with Crippen LogP contribution in [-0.2, 0) is 10.0 Å². The van der Waals surface area contributed by atoms with Crippen LogP contribution in [0.1, 0.15) is 18.5 Å². The molecule has 0 aliphatic heterocycles. The minimum Gasteiger partial charge on any atom is -0.299 e. The quantitative estimate of drug-likeness (QED) is 0.499. The highest BCUT2D eigenvalue weighted by atomic mass is 32.2. The monoisotopic (exact) mass is 397 g/mol. The lowest BCUT2D eigenvalue weighted by molar-refractivity contribution is 0.399. The van der Waals surface area contributed by atoms with Crippen LogP contribution in [0.3, 0.4) is 0 Å². The van der Waals surface area contributed by atoms with Gasteiger partial charge in [-0.25, -0.2) is 13.4 Å². The number of nitrogens with zero attached hydrogens (tertiary/aromatic N) is 3. The molecular weight excluding hydrogens is 378 g/mol. The van der Waals surface area contributed by atoms with E-state index in [9.17, 15) is 8.42 Å². The van der Waals surface area contributed by atoms with Crippen molar-refractivity contribution < 1.29 is 8.42 Å². The summed E-state index contributed by atoms with van der Waals surface area (Å²) in [5, 5.41) is 1.77. The molecule has 27 heavy (non-hydrogen) atoms. The molecule has 0 N–H and O–H groups in total. The fourth-order valence-electron chi connectivity index (χ4n) is 3.05. The summed E-state index contributed by atoms with van der Waals surface area (Å²) >= 11 is 1.23. The minimum atomic E-state index is -3.49. The van der Waals surface area contributed by atoms with Gasteiger partial charge in [-0.2, -0.15) is 4.31 Å². The molecule has 5 nitrogen and oxygen atoms in total. The van der Waals surface area contributed by atoms with E-state index in [0.717, 1.165) is 22.3 Å². The summed E-state index contributed by atoms with van der Waals surface area (Å²) < 4.78 is 29.3. The number of hydrogen-bond acceptors (Lipinski definition) is 4. The minimum absolute atomic E-state index is 0.273. The third-order valence-corrected chi connectivity index (χ3v) is 8.08. The van der Waals surface area contributed by atoms with E-state index in [-0.39, 0.29) is 6.04 Å².